The lowest BCUT2D eigenvalue weighted by atomic mass is 10.1. The summed E-state index contributed by atoms with van der Waals surface area (Å²) in [5.41, 5.74) is 0. The van der Waals surface area contributed by atoms with E-state index in [0.29, 0.717) is 12.8 Å². The van der Waals surface area contributed by atoms with E-state index >= 15 is 0 Å². The maximum atomic E-state index is 11.8. The molecule has 0 aromatic heterocycles. The zero-order valence-corrected chi connectivity index (χ0v) is 10.8. The molecule has 0 aromatic rings. The summed E-state index contributed by atoms with van der Waals surface area (Å²) in [4.78, 5) is 23.5. The van der Waals surface area contributed by atoms with Crippen molar-refractivity contribution in [1.82, 2.24) is 0 Å². The summed E-state index contributed by atoms with van der Waals surface area (Å²) < 4.78 is 10.2. The Morgan fingerprint density at radius 1 is 1.17 bits per heavy atom. The molecule has 2 atom stereocenters. The molecular weight excluding hydrogens is 240 g/mol. The quantitative estimate of drug-likeness (QED) is 0.676. The zero-order chi connectivity index (χ0) is 13.8. The molecule has 1 heterocycles. The van der Waals surface area contributed by atoms with Crippen LogP contribution >= 0.6 is 0 Å². The fourth-order valence-electron chi connectivity index (χ4n) is 1.83. The van der Waals surface area contributed by atoms with Gasteiger partial charge in [-0.25, -0.2) is 0 Å². The van der Waals surface area contributed by atoms with Crippen molar-refractivity contribution >= 4 is 11.6 Å². The summed E-state index contributed by atoms with van der Waals surface area (Å²) >= 11 is 0. The lowest BCUT2D eigenvalue weighted by molar-refractivity contribution is -0.242. The number of aliphatic hydroxyl groups excluding tert-OH is 1. The zero-order valence-electron chi connectivity index (χ0n) is 10.8. The molecule has 0 unspecified atom stereocenters. The fraction of sp³-hybridized carbons (Fsp3) is 0.833. The van der Waals surface area contributed by atoms with Crippen molar-refractivity contribution in [3.63, 3.8) is 0 Å². The van der Waals surface area contributed by atoms with E-state index in [1.165, 1.54) is 0 Å². The van der Waals surface area contributed by atoms with Gasteiger partial charge in [0.15, 0.2) is 11.6 Å². The van der Waals surface area contributed by atoms with E-state index in [1.807, 2.05) is 0 Å². The molecule has 0 amide bonds. The first-order valence-electron chi connectivity index (χ1n) is 6.18. The minimum atomic E-state index is -2.12. The second-order valence-electron chi connectivity index (χ2n) is 4.43. The number of aliphatic hydroxyl groups is 2. The normalized spacial score (nSPS) is 31.6. The van der Waals surface area contributed by atoms with E-state index in [0.717, 1.165) is 0 Å². The van der Waals surface area contributed by atoms with Crippen LogP contribution in [0.5, 0.6) is 0 Å². The Morgan fingerprint density at radius 3 is 2.22 bits per heavy atom. The topological polar surface area (TPSA) is 93.1 Å². The Labute approximate surface area is 106 Å². The van der Waals surface area contributed by atoms with E-state index in [2.05, 4.69) is 0 Å². The summed E-state index contributed by atoms with van der Waals surface area (Å²) in [5, 5.41) is 19.3. The van der Waals surface area contributed by atoms with Crippen LogP contribution in [0.15, 0.2) is 0 Å². The lowest BCUT2D eigenvalue weighted by Crippen LogP contribution is -2.48. The minimum absolute atomic E-state index is 0.128. The molecule has 1 fully saturated rings. The van der Waals surface area contributed by atoms with Crippen LogP contribution in [-0.4, -0.2) is 46.6 Å². The fourth-order valence-corrected chi connectivity index (χ4v) is 1.83. The maximum Gasteiger partial charge on any atom is 0.255 e. The number of carbonyl (C=O) groups is 2. The number of hydrogen-bond acceptors (Lipinski definition) is 6. The predicted octanol–water partition coefficient (Wildman–Crippen LogP) is 0.149. The van der Waals surface area contributed by atoms with Crippen LogP contribution in [0, 0.1) is 0 Å². The molecule has 104 valence electrons. The third kappa shape index (κ3) is 2.77. The van der Waals surface area contributed by atoms with Gasteiger partial charge in [0.1, 0.15) is 13.2 Å². The molecule has 0 bridgehead atoms. The number of Topliss-reactive ketones (excluding diaryl/α,β-unsaturated/α-hetero) is 2. The number of ether oxygens (including phenoxy) is 2. The van der Waals surface area contributed by atoms with Crippen LogP contribution in [0.1, 0.15) is 39.5 Å². The van der Waals surface area contributed by atoms with Gasteiger partial charge in [-0.05, 0) is 12.8 Å². The van der Waals surface area contributed by atoms with Crippen molar-refractivity contribution in [1.29, 1.82) is 0 Å². The van der Waals surface area contributed by atoms with Crippen molar-refractivity contribution < 1.29 is 29.3 Å². The summed E-state index contributed by atoms with van der Waals surface area (Å²) in [6.07, 6.45) is 1.40. The van der Waals surface area contributed by atoms with Gasteiger partial charge in [-0.2, -0.15) is 0 Å². The van der Waals surface area contributed by atoms with Gasteiger partial charge in [0.2, 0.25) is 0 Å². The van der Waals surface area contributed by atoms with Crippen molar-refractivity contribution in [2.75, 3.05) is 13.2 Å². The Kier molecular flexibility index (Phi) is 4.98. The Bertz CT molecular complexity index is 329. The van der Waals surface area contributed by atoms with Crippen LogP contribution in [-0.2, 0) is 19.1 Å². The van der Waals surface area contributed by atoms with Crippen molar-refractivity contribution in [2.24, 2.45) is 0 Å². The van der Waals surface area contributed by atoms with E-state index in [4.69, 9.17) is 9.47 Å². The van der Waals surface area contributed by atoms with Gasteiger partial charge >= 0.3 is 0 Å². The van der Waals surface area contributed by atoms with Gasteiger partial charge in [0.25, 0.3) is 11.6 Å². The SMILES string of the molecule is CCCC(=O)[C@@]1(CO)OC[C@](O)(C(=O)CCC)O1. The number of carbonyl (C=O) groups excluding carboxylic acids is 2. The summed E-state index contributed by atoms with van der Waals surface area (Å²) in [5.74, 6) is -5.02. The first-order chi connectivity index (χ1) is 8.44. The highest BCUT2D eigenvalue weighted by Gasteiger charge is 2.56. The van der Waals surface area contributed by atoms with Crippen LogP contribution in [0.4, 0.5) is 0 Å². The van der Waals surface area contributed by atoms with E-state index in [9.17, 15) is 19.8 Å². The second kappa shape index (κ2) is 5.88. The number of rotatable bonds is 7. The summed E-state index contributed by atoms with van der Waals surface area (Å²) in [7, 11) is 0. The summed E-state index contributed by atoms with van der Waals surface area (Å²) in [6.45, 7) is 2.44. The average molecular weight is 260 g/mol. The highest BCUT2D eigenvalue weighted by Crippen LogP contribution is 2.33. The summed E-state index contributed by atoms with van der Waals surface area (Å²) in [6, 6.07) is 0. The van der Waals surface area contributed by atoms with Crippen LogP contribution in [0.3, 0.4) is 0 Å². The molecule has 6 heteroatoms. The highest BCUT2D eigenvalue weighted by atomic mass is 16.8. The molecule has 1 rings (SSSR count). The van der Waals surface area contributed by atoms with E-state index in [-0.39, 0.29) is 12.8 Å². The third-order valence-corrected chi connectivity index (χ3v) is 2.86. The second-order valence-corrected chi connectivity index (χ2v) is 4.43. The van der Waals surface area contributed by atoms with Gasteiger partial charge in [0.05, 0.1) is 0 Å². The third-order valence-electron chi connectivity index (χ3n) is 2.86. The molecule has 0 saturated carbocycles. The first-order valence-corrected chi connectivity index (χ1v) is 6.18. The van der Waals surface area contributed by atoms with Gasteiger partial charge < -0.3 is 14.9 Å². The van der Waals surface area contributed by atoms with Crippen molar-refractivity contribution in [2.45, 2.75) is 51.1 Å². The lowest BCUT2D eigenvalue weighted by Gasteiger charge is -2.26. The molecule has 1 aliphatic heterocycles. The van der Waals surface area contributed by atoms with Gasteiger partial charge in [-0.3, -0.25) is 14.3 Å². The Morgan fingerprint density at radius 2 is 1.72 bits per heavy atom. The van der Waals surface area contributed by atoms with Crippen molar-refractivity contribution in [3.8, 4) is 0 Å². The first kappa shape index (κ1) is 15.2. The minimum Gasteiger partial charge on any atom is -0.390 e. The molecule has 1 aliphatic rings. The van der Waals surface area contributed by atoms with Gasteiger partial charge in [-0.1, -0.05) is 13.8 Å². The molecular formula is C12H20O6. The Balaban J connectivity index is 2.83. The molecule has 0 aromatic carbocycles. The number of hydrogen-bond donors (Lipinski definition) is 2. The maximum absolute atomic E-state index is 11.8. The largest absolute Gasteiger partial charge is 0.390 e. The Hall–Kier alpha value is -0.820. The van der Waals surface area contributed by atoms with E-state index in [1.54, 1.807) is 13.8 Å². The highest BCUT2D eigenvalue weighted by molar-refractivity contribution is 5.90. The van der Waals surface area contributed by atoms with Gasteiger partial charge in [-0.15, -0.1) is 0 Å². The van der Waals surface area contributed by atoms with Gasteiger partial charge in [0, 0.05) is 12.8 Å². The standard InChI is InChI=1S/C12H20O6/c1-3-5-9(14)11(16)8-17-12(7-13,18-11)10(15)6-4-2/h13,16H,3-8H2,1-2H3/t11-,12+/m1/s1. The molecule has 2 N–H and O–H groups in total. The predicted molar refractivity (Wildman–Crippen MR) is 61.6 cm³/mol. The molecule has 18 heavy (non-hydrogen) atoms. The molecule has 6 nitrogen and oxygen atoms in total. The number of ketones is 2. The van der Waals surface area contributed by atoms with E-state index < -0.39 is 36.4 Å². The monoisotopic (exact) mass is 260 g/mol. The molecule has 1 saturated heterocycles. The molecule has 0 aliphatic carbocycles. The van der Waals surface area contributed by atoms with Crippen LogP contribution in [0.2, 0.25) is 0 Å². The van der Waals surface area contributed by atoms with Crippen LogP contribution in [0.25, 0.3) is 0 Å². The average Bonchev–Trinajstić information content (AvgIpc) is 2.70. The van der Waals surface area contributed by atoms with Crippen LogP contribution < -0.4 is 0 Å². The molecule has 0 radical (unpaired) electrons. The van der Waals surface area contributed by atoms with Crippen molar-refractivity contribution in [3.05, 3.63) is 0 Å². The smallest absolute Gasteiger partial charge is 0.255 e. The molecule has 0 spiro atoms.